The van der Waals surface area contributed by atoms with Crippen LogP contribution in [-0.2, 0) is 0 Å². The Bertz CT molecular complexity index is 136. The Hall–Kier alpha value is 0.310. The van der Waals surface area contributed by atoms with Gasteiger partial charge in [0.15, 0.2) is 0 Å². The average Bonchev–Trinajstić information content (AvgIpc) is 2.32. The predicted octanol–water partition coefficient (Wildman–Crippen LogP) is 2.33. The molecule has 12 heavy (non-hydrogen) atoms. The van der Waals surface area contributed by atoms with Gasteiger partial charge in [-0.15, -0.1) is 0 Å². The van der Waals surface area contributed by atoms with Crippen LogP contribution in [0.15, 0.2) is 0 Å². The van der Waals surface area contributed by atoms with E-state index in [0.29, 0.717) is 0 Å². The quantitative estimate of drug-likeness (QED) is 0.667. The lowest BCUT2D eigenvalue weighted by Crippen LogP contribution is -2.29. The first-order chi connectivity index (χ1) is 5.65. The van der Waals surface area contributed by atoms with Gasteiger partial charge in [0.05, 0.1) is 0 Å². The molecule has 1 heterocycles. The molecule has 1 aliphatic rings. The van der Waals surface area contributed by atoms with Gasteiger partial charge in [0, 0.05) is 12.6 Å². The van der Waals surface area contributed by atoms with E-state index in [1.165, 1.54) is 18.7 Å². The third kappa shape index (κ3) is 2.40. The van der Waals surface area contributed by atoms with Crippen LogP contribution in [0.3, 0.4) is 0 Å². The molecule has 0 amide bonds. The molecule has 0 spiro atoms. The van der Waals surface area contributed by atoms with Gasteiger partial charge in [-0.2, -0.15) is 11.8 Å². The Morgan fingerprint density at radius 2 is 2.17 bits per heavy atom. The first kappa shape index (κ1) is 10.4. The van der Waals surface area contributed by atoms with Crippen molar-refractivity contribution < 1.29 is 0 Å². The summed E-state index contributed by atoms with van der Waals surface area (Å²) >= 11 is 1.99. The largest absolute Gasteiger partial charge is 0.303 e. The van der Waals surface area contributed by atoms with E-state index in [2.05, 4.69) is 32.1 Å². The normalized spacial score (nSPS) is 31.8. The highest BCUT2D eigenvalue weighted by atomic mass is 32.2. The van der Waals surface area contributed by atoms with Crippen molar-refractivity contribution in [3.05, 3.63) is 0 Å². The fourth-order valence-corrected chi connectivity index (χ4v) is 2.99. The third-order valence-corrected chi connectivity index (χ3v) is 3.66. The molecule has 72 valence electrons. The van der Waals surface area contributed by atoms with E-state index >= 15 is 0 Å². The molecule has 0 aliphatic carbocycles. The molecule has 2 atom stereocenters. The zero-order valence-electron chi connectivity index (χ0n) is 8.71. The summed E-state index contributed by atoms with van der Waals surface area (Å²) in [7, 11) is 2.27. The summed E-state index contributed by atoms with van der Waals surface area (Å²) in [4.78, 5) is 2.53. The lowest BCUT2D eigenvalue weighted by atomic mass is 9.99. The molecule has 0 aromatic carbocycles. The van der Waals surface area contributed by atoms with Crippen molar-refractivity contribution in [2.24, 2.45) is 11.8 Å². The number of thioether (sulfide) groups is 1. The smallest absolute Gasteiger partial charge is 0.0119 e. The van der Waals surface area contributed by atoms with Crippen molar-refractivity contribution in [1.29, 1.82) is 0 Å². The van der Waals surface area contributed by atoms with Crippen LogP contribution in [0.4, 0.5) is 0 Å². The highest BCUT2D eigenvalue weighted by molar-refractivity contribution is 7.98. The van der Waals surface area contributed by atoms with E-state index in [-0.39, 0.29) is 0 Å². The fourth-order valence-electron chi connectivity index (χ4n) is 2.28. The van der Waals surface area contributed by atoms with Crippen LogP contribution in [0.25, 0.3) is 0 Å². The highest BCUT2D eigenvalue weighted by Crippen LogP contribution is 2.28. The zero-order valence-corrected chi connectivity index (χ0v) is 9.53. The molecule has 0 saturated carbocycles. The maximum atomic E-state index is 2.53. The maximum Gasteiger partial charge on any atom is 0.0119 e. The molecule has 1 saturated heterocycles. The molecule has 1 aliphatic heterocycles. The number of nitrogens with zero attached hydrogens (tertiary/aromatic N) is 1. The second-order valence-electron chi connectivity index (χ2n) is 4.31. The van der Waals surface area contributed by atoms with Crippen LogP contribution in [0, 0.1) is 11.8 Å². The first-order valence-corrected chi connectivity index (χ1v) is 6.23. The zero-order chi connectivity index (χ0) is 9.14. The van der Waals surface area contributed by atoms with Crippen molar-refractivity contribution in [2.75, 3.05) is 25.6 Å². The van der Waals surface area contributed by atoms with Gasteiger partial charge in [0.25, 0.3) is 0 Å². The molecule has 2 heteroatoms. The minimum absolute atomic E-state index is 0.821. The number of hydrogen-bond donors (Lipinski definition) is 0. The van der Waals surface area contributed by atoms with Crippen LogP contribution < -0.4 is 0 Å². The average molecular weight is 187 g/mol. The van der Waals surface area contributed by atoms with E-state index in [0.717, 1.165) is 17.9 Å². The second-order valence-corrected chi connectivity index (χ2v) is 5.22. The molecule has 0 radical (unpaired) electrons. The Morgan fingerprint density at radius 3 is 2.58 bits per heavy atom. The summed E-state index contributed by atoms with van der Waals surface area (Å²) in [6.45, 7) is 5.98. The first-order valence-electron chi connectivity index (χ1n) is 4.84. The molecule has 0 N–H and O–H groups in total. The lowest BCUT2D eigenvalue weighted by Gasteiger charge is -2.22. The van der Waals surface area contributed by atoms with Crippen molar-refractivity contribution in [1.82, 2.24) is 4.90 Å². The molecule has 1 rings (SSSR count). The predicted molar refractivity (Wildman–Crippen MR) is 57.7 cm³/mol. The van der Waals surface area contributed by atoms with Crippen molar-refractivity contribution in [2.45, 2.75) is 26.3 Å². The molecule has 0 bridgehead atoms. The maximum absolute atomic E-state index is 2.53. The Labute approximate surface area is 80.9 Å². The molecule has 0 aromatic rings. The highest BCUT2D eigenvalue weighted by Gasteiger charge is 2.30. The molecule has 1 nitrogen and oxygen atoms in total. The van der Waals surface area contributed by atoms with Crippen molar-refractivity contribution in [3.63, 3.8) is 0 Å². The monoisotopic (exact) mass is 187 g/mol. The van der Waals surface area contributed by atoms with Crippen LogP contribution in [-0.4, -0.2) is 36.5 Å². The van der Waals surface area contributed by atoms with E-state index in [4.69, 9.17) is 0 Å². The Kier molecular flexibility index (Phi) is 3.91. The lowest BCUT2D eigenvalue weighted by molar-refractivity contribution is 0.250. The molecule has 0 aromatic heterocycles. The summed E-state index contributed by atoms with van der Waals surface area (Å²) in [5.41, 5.74) is 0. The van der Waals surface area contributed by atoms with Gasteiger partial charge in [0.2, 0.25) is 0 Å². The number of rotatable bonds is 3. The van der Waals surface area contributed by atoms with Gasteiger partial charge in [-0.05, 0) is 37.3 Å². The van der Waals surface area contributed by atoms with Gasteiger partial charge in [-0.25, -0.2) is 0 Å². The van der Waals surface area contributed by atoms with Crippen molar-refractivity contribution >= 4 is 11.8 Å². The standard InChI is InChI=1S/C10H21NS/c1-8(2)10-5-9(7-12-4)6-11(10)3/h8-10H,5-7H2,1-4H3/t9?,10-/m0/s1. The van der Waals surface area contributed by atoms with Crippen molar-refractivity contribution in [3.8, 4) is 0 Å². The van der Waals surface area contributed by atoms with Gasteiger partial charge < -0.3 is 4.90 Å². The van der Waals surface area contributed by atoms with E-state index in [1.807, 2.05) is 11.8 Å². The molecule has 1 unspecified atom stereocenters. The summed E-state index contributed by atoms with van der Waals surface area (Å²) in [5, 5.41) is 0. The van der Waals surface area contributed by atoms with Gasteiger partial charge in [-0.1, -0.05) is 13.8 Å². The Morgan fingerprint density at radius 1 is 1.50 bits per heavy atom. The molecular formula is C10H21NS. The molecular weight excluding hydrogens is 166 g/mol. The van der Waals surface area contributed by atoms with Crippen LogP contribution in [0.2, 0.25) is 0 Å². The topological polar surface area (TPSA) is 3.24 Å². The third-order valence-electron chi connectivity index (χ3n) is 2.86. The van der Waals surface area contributed by atoms with Crippen LogP contribution in [0.5, 0.6) is 0 Å². The van der Waals surface area contributed by atoms with Crippen LogP contribution >= 0.6 is 11.8 Å². The molecule has 1 fully saturated rings. The van der Waals surface area contributed by atoms with E-state index in [9.17, 15) is 0 Å². The Balaban J connectivity index is 2.39. The van der Waals surface area contributed by atoms with Gasteiger partial charge in [0.1, 0.15) is 0 Å². The summed E-state index contributed by atoms with van der Waals surface area (Å²) in [5.74, 6) is 3.10. The SMILES string of the molecule is CSCC1C[C@@H](C(C)C)N(C)C1. The summed E-state index contributed by atoms with van der Waals surface area (Å²) in [6, 6.07) is 0.835. The number of likely N-dealkylation sites (tertiary alicyclic amines) is 1. The fraction of sp³-hybridized carbons (Fsp3) is 1.00. The van der Waals surface area contributed by atoms with Gasteiger partial charge >= 0.3 is 0 Å². The second kappa shape index (κ2) is 4.52. The minimum Gasteiger partial charge on any atom is -0.303 e. The van der Waals surface area contributed by atoms with E-state index < -0.39 is 0 Å². The summed E-state index contributed by atoms with van der Waals surface area (Å²) < 4.78 is 0. The van der Waals surface area contributed by atoms with Gasteiger partial charge in [-0.3, -0.25) is 0 Å². The van der Waals surface area contributed by atoms with E-state index in [1.54, 1.807) is 0 Å². The summed E-state index contributed by atoms with van der Waals surface area (Å²) in [6.07, 6.45) is 3.62. The minimum atomic E-state index is 0.821. The van der Waals surface area contributed by atoms with Crippen LogP contribution in [0.1, 0.15) is 20.3 Å². The number of hydrogen-bond acceptors (Lipinski definition) is 2.